The van der Waals surface area contributed by atoms with Crippen LogP contribution in [0.25, 0.3) is 0 Å². The van der Waals surface area contributed by atoms with E-state index >= 15 is 0 Å². The smallest absolute Gasteiger partial charge is 0.278 e. The van der Waals surface area contributed by atoms with Crippen molar-refractivity contribution in [3.8, 4) is 5.75 Å². The number of nitrogens with zero attached hydrogens (tertiary/aromatic N) is 2. The van der Waals surface area contributed by atoms with Crippen LogP contribution in [0.1, 0.15) is 72.4 Å². The van der Waals surface area contributed by atoms with Gasteiger partial charge in [0.15, 0.2) is 11.9 Å². The topological polar surface area (TPSA) is 115 Å². The quantitative estimate of drug-likeness (QED) is 0.225. The second-order valence-corrected chi connectivity index (χ2v) is 12.8. The van der Waals surface area contributed by atoms with Crippen molar-refractivity contribution in [3.63, 3.8) is 0 Å². The Kier molecular flexibility index (Phi) is 9.08. The van der Waals surface area contributed by atoms with E-state index in [1.807, 2.05) is 6.07 Å². The van der Waals surface area contributed by atoms with Crippen molar-refractivity contribution < 1.29 is 17.9 Å². The van der Waals surface area contributed by atoms with Crippen LogP contribution in [0.2, 0.25) is 0 Å². The fourth-order valence-corrected chi connectivity index (χ4v) is 4.96. The summed E-state index contributed by atoms with van der Waals surface area (Å²) in [5.74, 6) is 6.25. The molecule has 210 valence electrons. The van der Waals surface area contributed by atoms with Crippen LogP contribution >= 0.6 is 0 Å². The van der Waals surface area contributed by atoms with Crippen LogP contribution in [0.4, 0.5) is 11.5 Å². The molecule has 0 saturated heterocycles. The molecule has 3 N–H and O–H groups in total. The van der Waals surface area contributed by atoms with Crippen LogP contribution in [0.5, 0.6) is 5.75 Å². The van der Waals surface area contributed by atoms with E-state index in [0.29, 0.717) is 15.9 Å². The zero-order valence-corrected chi connectivity index (χ0v) is 24.7. The Morgan fingerprint density at radius 1 is 1.00 bits per heavy atom. The van der Waals surface area contributed by atoms with Crippen molar-refractivity contribution in [2.45, 2.75) is 83.1 Å². The average molecular weight is 553 g/mol. The molecule has 0 spiro atoms. The standard InChI is InChI=1S/C30H40N4O4S/c1-8-29(4,5)22-13-18-26(25(20-22)30(6,7)9-2)38-21(3)28(35)33-23-14-16-24(17-15-23)39(36,37)34(31)27-12-10-11-19-32-27/h10-21H,8-9,31H2,1-7H3,(H,33,35). The third-order valence-corrected chi connectivity index (χ3v) is 9.06. The summed E-state index contributed by atoms with van der Waals surface area (Å²) in [6.45, 7) is 14.8. The highest BCUT2D eigenvalue weighted by Crippen LogP contribution is 2.39. The molecule has 9 heteroatoms. The van der Waals surface area contributed by atoms with Crippen LogP contribution in [-0.4, -0.2) is 25.4 Å². The van der Waals surface area contributed by atoms with E-state index < -0.39 is 16.1 Å². The van der Waals surface area contributed by atoms with E-state index in [9.17, 15) is 13.2 Å². The van der Waals surface area contributed by atoms with Gasteiger partial charge in [0, 0.05) is 17.4 Å². The molecule has 0 aliphatic carbocycles. The second-order valence-electron chi connectivity index (χ2n) is 10.9. The lowest BCUT2D eigenvalue weighted by Gasteiger charge is -2.31. The summed E-state index contributed by atoms with van der Waals surface area (Å²) in [5, 5.41) is 2.80. The minimum absolute atomic E-state index is 0.0261. The highest BCUT2D eigenvalue weighted by molar-refractivity contribution is 7.92. The Labute approximate surface area is 232 Å². The molecule has 3 rings (SSSR count). The van der Waals surface area contributed by atoms with Crippen molar-refractivity contribution in [1.29, 1.82) is 0 Å². The number of rotatable bonds is 11. The summed E-state index contributed by atoms with van der Waals surface area (Å²) in [5.41, 5.74) is 2.62. The van der Waals surface area contributed by atoms with Crippen LogP contribution < -0.4 is 20.3 Å². The third-order valence-electron chi connectivity index (χ3n) is 7.48. The maximum absolute atomic E-state index is 13.0. The Bertz CT molecular complexity index is 1390. The minimum Gasteiger partial charge on any atom is -0.481 e. The summed E-state index contributed by atoms with van der Waals surface area (Å²) in [6.07, 6.45) is 2.59. The molecule has 0 saturated carbocycles. The molecule has 0 radical (unpaired) electrons. The molecule has 0 fully saturated rings. The summed E-state index contributed by atoms with van der Waals surface area (Å²) in [4.78, 5) is 17.0. The third kappa shape index (κ3) is 6.78. The second kappa shape index (κ2) is 11.8. The molecule has 3 aromatic rings. The number of sulfonamides is 1. The molecular formula is C30H40N4O4S. The summed E-state index contributed by atoms with van der Waals surface area (Å²) < 4.78 is 32.6. The number of anilines is 2. The summed E-state index contributed by atoms with van der Waals surface area (Å²) in [7, 11) is -4.02. The Balaban J connectivity index is 1.76. The zero-order valence-electron chi connectivity index (χ0n) is 23.9. The maximum Gasteiger partial charge on any atom is 0.278 e. The van der Waals surface area contributed by atoms with Gasteiger partial charge in [-0.25, -0.2) is 10.8 Å². The number of ether oxygens (including phenoxy) is 1. The SMILES string of the molecule is CCC(C)(C)c1ccc(OC(C)C(=O)Nc2ccc(S(=O)(=O)N(N)c3ccccn3)cc2)c(C(C)(C)CC)c1. The molecule has 2 aromatic carbocycles. The molecule has 1 atom stereocenters. The highest BCUT2D eigenvalue weighted by Gasteiger charge is 2.28. The summed E-state index contributed by atoms with van der Waals surface area (Å²) >= 11 is 0. The van der Waals surface area contributed by atoms with Crippen LogP contribution in [0.3, 0.4) is 0 Å². The first-order chi connectivity index (χ1) is 18.2. The van der Waals surface area contributed by atoms with Crippen LogP contribution in [0.15, 0.2) is 71.8 Å². The molecule has 0 aliphatic rings. The number of benzene rings is 2. The predicted octanol–water partition coefficient (Wildman–Crippen LogP) is 5.93. The number of hydrogen-bond acceptors (Lipinski definition) is 6. The largest absolute Gasteiger partial charge is 0.481 e. The van der Waals surface area contributed by atoms with Gasteiger partial charge in [-0.15, -0.1) is 0 Å². The number of hydrazine groups is 1. The van der Waals surface area contributed by atoms with Crippen molar-refractivity contribution in [3.05, 3.63) is 78.0 Å². The fourth-order valence-electron chi connectivity index (χ4n) is 3.90. The molecule has 1 amide bonds. The molecule has 1 heterocycles. The first kappa shape index (κ1) is 30.1. The van der Waals surface area contributed by atoms with E-state index in [1.165, 1.54) is 42.1 Å². The lowest BCUT2D eigenvalue weighted by molar-refractivity contribution is -0.122. The first-order valence-electron chi connectivity index (χ1n) is 13.2. The Morgan fingerprint density at radius 2 is 1.64 bits per heavy atom. The van der Waals surface area contributed by atoms with Crippen molar-refractivity contribution in [1.82, 2.24) is 4.98 Å². The lowest BCUT2D eigenvalue weighted by atomic mass is 9.76. The van der Waals surface area contributed by atoms with Crippen LogP contribution in [-0.2, 0) is 25.6 Å². The Morgan fingerprint density at radius 3 is 2.21 bits per heavy atom. The highest BCUT2D eigenvalue weighted by atomic mass is 32.2. The Hall–Kier alpha value is -3.43. The number of amides is 1. The monoisotopic (exact) mass is 552 g/mol. The van der Waals surface area contributed by atoms with Gasteiger partial charge in [0.2, 0.25) is 0 Å². The number of carbonyl (C=O) groups excluding carboxylic acids is 1. The van der Waals surface area contributed by atoms with Gasteiger partial charge in [-0.1, -0.05) is 59.7 Å². The van der Waals surface area contributed by atoms with Gasteiger partial charge in [-0.2, -0.15) is 12.8 Å². The molecule has 1 unspecified atom stereocenters. The maximum atomic E-state index is 13.0. The van der Waals surface area contributed by atoms with Gasteiger partial charge in [-0.3, -0.25) is 4.79 Å². The van der Waals surface area contributed by atoms with Gasteiger partial charge in [-0.05, 0) is 78.6 Å². The molecular weight excluding hydrogens is 512 g/mol. The van der Waals surface area contributed by atoms with E-state index in [4.69, 9.17) is 10.6 Å². The minimum atomic E-state index is -4.02. The molecule has 0 bridgehead atoms. The number of nitrogens with two attached hydrogens (primary N) is 1. The van der Waals surface area contributed by atoms with Gasteiger partial charge >= 0.3 is 0 Å². The normalized spacial score (nSPS) is 13.0. The lowest BCUT2D eigenvalue weighted by Crippen LogP contribution is -2.38. The van der Waals surface area contributed by atoms with Gasteiger partial charge < -0.3 is 10.1 Å². The number of hydrogen-bond donors (Lipinski definition) is 2. The number of pyridine rings is 1. The molecule has 1 aromatic heterocycles. The predicted molar refractivity (Wildman–Crippen MR) is 156 cm³/mol. The average Bonchev–Trinajstić information content (AvgIpc) is 2.93. The molecule has 0 aliphatic heterocycles. The number of aromatic nitrogens is 1. The number of carbonyl (C=O) groups is 1. The van der Waals surface area contributed by atoms with Gasteiger partial charge in [0.05, 0.1) is 4.90 Å². The van der Waals surface area contributed by atoms with Crippen molar-refractivity contribution in [2.24, 2.45) is 5.84 Å². The molecule has 39 heavy (non-hydrogen) atoms. The van der Waals surface area contributed by atoms with E-state index in [-0.39, 0.29) is 27.5 Å². The van der Waals surface area contributed by atoms with E-state index in [1.54, 1.807) is 19.1 Å². The van der Waals surface area contributed by atoms with Crippen molar-refractivity contribution in [2.75, 3.05) is 9.73 Å². The fraction of sp³-hybridized carbons (Fsp3) is 0.400. The van der Waals surface area contributed by atoms with Crippen LogP contribution in [0, 0.1) is 0 Å². The van der Waals surface area contributed by atoms with Gasteiger partial charge in [0.1, 0.15) is 5.75 Å². The number of nitrogens with one attached hydrogen (secondary N) is 1. The molecule has 8 nitrogen and oxygen atoms in total. The van der Waals surface area contributed by atoms with Crippen molar-refractivity contribution >= 4 is 27.4 Å². The van der Waals surface area contributed by atoms with Gasteiger partial charge in [0.25, 0.3) is 15.9 Å². The first-order valence-corrected chi connectivity index (χ1v) is 14.6. The van der Waals surface area contributed by atoms with E-state index in [2.05, 4.69) is 64.0 Å². The summed E-state index contributed by atoms with van der Waals surface area (Å²) in [6, 6.07) is 16.8. The zero-order chi connectivity index (χ0) is 29.0. The van der Waals surface area contributed by atoms with E-state index in [0.717, 1.165) is 18.4 Å².